The molecule has 1 aliphatic heterocycles. The maximum absolute atomic E-state index is 12.3. The SMILES string of the molecule is CCNC(=NCCCCOCC)N1CCN(C(=O)c2ccco2)CC1.I. The summed E-state index contributed by atoms with van der Waals surface area (Å²) in [6.45, 7) is 10.2. The van der Waals surface area contributed by atoms with Gasteiger partial charge in [0.1, 0.15) is 0 Å². The maximum atomic E-state index is 12.3. The molecule has 0 spiro atoms. The Bertz CT molecular complexity index is 529. The first kappa shape index (κ1) is 22.8. The quantitative estimate of drug-likeness (QED) is 0.269. The van der Waals surface area contributed by atoms with Crippen LogP contribution in [0.4, 0.5) is 0 Å². The third-order valence-corrected chi connectivity index (χ3v) is 4.10. The van der Waals surface area contributed by atoms with Crippen molar-refractivity contribution in [1.82, 2.24) is 15.1 Å². The van der Waals surface area contributed by atoms with Gasteiger partial charge in [-0.15, -0.1) is 24.0 Å². The molecule has 1 aromatic heterocycles. The van der Waals surface area contributed by atoms with Gasteiger partial charge in [-0.3, -0.25) is 9.79 Å². The molecule has 1 fully saturated rings. The lowest BCUT2D eigenvalue weighted by Gasteiger charge is -2.36. The van der Waals surface area contributed by atoms with Crippen LogP contribution in [0.25, 0.3) is 0 Å². The first-order valence-corrected chi connectivity index (χ1v) is 9.20. The van der Waals surface area contributed by atoms with Crippen LogP contribution in [0, 0.1) is 0 Å². The molecule has 148 valence electrons. The van der Waals surface area contributed by atoms with Crippen LogP contribution in [0.1, 0.15) is 37.2 Å². The highest BCUT2D eigenvalue weighted by molar-refractivity contribution is 14.0. The number of hydrogen-bond acceptors (Lipinski definition) is 4. The molecule has 1 saturated heterocycles. The molecule has 1 amide bonds. The van der Waals surface area contributed by atoms with Crippen LogP contribution in [0.2, 0.25) is 0 Å². The number of amides is 1. The second-order valence-corrected chi connectivity index (χ2v) is 5.90. The van der Waals surface area contributed by atoms with Crippen molar-refractivity contribution in [2.75, 3.05) is 52.5 Å². The summed E-state index contributed by atoms with van der Waals surface area (Å²) in [7, 11) is 0. The van der Waals surface area contributed by atoms with E-state index in [1.54, 1.807) is 12.1 Å². The van der Waals surface area contributed by atoms with Crippen molar-refractivity contribution in [3.8, 4) is 0 Å². The Kier molecular flexibility index (Phi) is 11.3. The lowest BCUT2D eigenvalue weighted by atomic mass is 10.3. The molecular weight excluding hydrogens is 447 g/mol. The van der Waals surface area contributed by atoms with Gasteiger partial charge in [-0.2, -0.15) is 0 Å². The first-order chi connectivity index (χ1) is 12.3. The van der Waals surface area contributed by atoms with Gasteiger partial charge in [-0.1, -0.05) is 0 Å². The predicted octanol–water partition coefficient (Wildman–Crippen LogP) is 2.44. The molecule has 1 N–H and O–H groups in total. The van der Waals surface area contributed by atoms with E-state index in [4.69, 9.17) is 14.1 Å². The van der Waals surface area contributed by atoms with E-state index in [1.807, 2.05) is 11.8 Å². The molecule has 2 heterocycles. The zero-order valence-electron chi connectivity index (χ0n) is 15.8. The number of carbonyl (C=O) groups excluding carboxylic acids is 1. The van der Waals surface area contributed by atoms with E-state index in [-0.39, 0.29) is 29.9 Å². The zero-order chi connectivity index (χ0) is 17.9. The standard InChI is InChI=1S/C18H30N4O3.HI/c1-3-19-18(20-9-5-6-14-24-4-2)22-12-10-21(11-13-22)17(23)16-8-7-15-25-16;/h7-8,15H,3-6,9-14H2,1-2H3,(H,19,20);1H. The molecule has 0 aliphatic carbocycles. The number of rotatable bonds is 8. The summed E-state index contributed by atoms with van der Waals surface area (Å²) in [5, 5.41) is 3.35. The van der Waals surface area contributed by atoms with Gasteiger partial charge in [0.2, 0.25) is 0 Å². The number of nitrogens with one attached hydrogen (secondary N) is 1. The van der Waals surface area contributed by atoms with Gasteiger partial charge in [-0.25, -0.2) is 0 Å². The van der Waals surface area contributed by atoms with Crippen LogP contribution in [0.3, 0.4) is 0 Å². The number of ether oxygens (including phenoxy) is 1. The van der Waals surface area contributed by atoms with Gasteiger partial charge < -0.3 is 24.3 Å². The molecule has 7 nitrogen and oxygen atoms in total. The van der Waals surface area contributed by atoms with Gasteiger partial charge >= 0.3 is 0 Å². The fraction of sp³-hybridized carbons (Fsp3) is 0.667. The number of unbranched alkanes of at least 4 members (excludes halogenated alkanes) is 1. The summed E-state index contributed by atoms with van der Waals surface area (Å²) in [6, 6.07) is 3.45. The minimum absolute atomic E-state index is 0. The van der Waals surface area contributed by atoms with Gasteiger partial charge in [0.15, 0.2) is 11.7 Å². The van der Waals surface area contributed by atoms with Crippen molar-refractivity contribution in [1.29, 1.82) is 0 Å². The van der Waals surface area contributed by atoms with Crippen LogP contribution in [-0.4, -0.2) is 74.1 Å². The summed E-state index contributed by atoms with van der Waals surface area (Å²) in [6.07, 6.45) is 3.58. The van der Waals surface area contributed by atoms with E-state index < -0.39 is 0 Å². The Morgan fingerprint density at radius 1 is 1.23 bits per heavy atom. The summed E-state index contributed by atoms with van der Waals surface area (Å²) in [5.41, 5.74) is 0. The van der Waals surface area contributed by atoms with Gasteiger partial charge in [-0.05, 0) is 38.8 Å². The smallest absolute Gasteiger partial charge is 0.289 e. The first-order valence-electron chi connectivity index (χ1n) is 9.20. The largest absolute Gasteiger partial charge is 0.459 e. The molecule has 1 aliphatic rings. The van der Waals surface area contributed by atoms with Gasteiger partial charge in [0.25, 0.3) is 5.91 Å². The molecular formula is C18H31IN4O3. The van der Waals surface area contributed by atoms with Crippen molar-refractivity contribution in [2.24, 2.45) is 4.99 Å². The van der Waals surface area contributed by atoms with Crippen LogP contribution in [0.15, 0.2) is 27.8 Å². The normalized spacial score (nSPS) is 14.9. The molecule has 1 aromatic rings. The van der Waals surface area contributed by atoms with E-state index in [9.17, 15) is 4.79 Å². The van der Waals surface area contributed by atoms with Crippen molar-refractivity contribution in [3.05, 3.63) is 24.2 Å². The Morgan fingerprint density at radius 3 is 2.58 bits per heavy atom. The number of piperazine rings is 1. The molecule has 0 atom stereocenters. The highest BCUT2D eigenvalue weighted by Crippen LogP contribution is 2.09. The number of furan rings is 1. The molecule has 2 rings (SSSR count). The Balaban J connectivity index is 0.00000338. The minimum Gasteiger partial charge on any atom is -0.459 e. The van der Waals surface area contributed by atoms with Gasteiger partial charge in [0, 0.05) is 52.5 Å². The second-order valence-electron chi connectivity index (χ2n) is 5.90. The molecule has 0 saturated carbocycles. The van der Waals surface area contributed by atoms with Crippen molar-refractivity contribution in [3.63, 3.8) is 0 Å². The third kappa shape index (κ3) is 7.14. The number of carbonyl (C=O) groups is 1. The molecule has 8 heteroatoms. The highest BCUT2D eigenvalue weighted by Gasteiger charge is 2.25. The molecule has 26 heavy (non-hydrogen) atoms. The van der Waals surface area contributed by atoms with E-state index in [2.05, 4.69) is 17.1 Å². The van der Waals surface area contributed by atoms with Gasteiger partial charge in [0.05, 0.1) is 6.26 Å². The van der Waals surface area contributed by atoms with Crippen molar-refractivity contribution >= 4 is 35.8 Å². The zero-order valence-corrected chi connectivity index (χ0v) is 18.1. The lowest BCUT2D eigenvalue weighted by molar-refractivity contribution is 0.0657. The fourth-order valence-electron chi connectivity index (χ4n) is 2.75. The van der Waals surface area contributed by atoms with Crippen LogP contribution in [-0.2, 0) is 4.74 Å². The molecule has 0 bridgehead atoms. The van der Waals surface area contributed by atoms with Crippen molar-refractivity contribution in [2.45, 2.75) is 26.7 Å². The third-order valence-electron chi connectivity index (χ3n) is 4.10. The van der Waals surface area contributed by atoms with Crippen LogP contribution < -0.4 is 5.32 Å². The monoisotopic (exact) mass is 478 g/mol. The Morgan fingerprint density at radius 2 is 1.96 bits per heavy atom. The molecule has 0 radical (unpaired) electrons. The molecule has 0 aromatic carbocycles. The van der Waals surface area contributed by atoms with Crippen LogP contribution in [0.5, 0.6) is 0 Å². The van der Waals surface area contributed by atoms with E-state index in [0.717, 1.165) is 58.2 Å². The summed E-state index contributed by atoms with van der Waals surface area (Å²) >= 11 is 0. The maximum Gasteiger partial charge on any atom is 0.289 e. The van der Waals surface area contributed by atoms with Crippen LogP contribution >= 0.6 is 24.0 Å². The number of halogens is 1. The average Bonchev–Trinajstić information content (AvgIpc) is 3.18. The average molecular weight is 478 g/mol. The number of nitrogens with zero attached hydrogens (tertiary/aromatic N) is 3. The number of hydrogen-bond donors (Lipinski definition) is 1. The highest BCUT2D eigenvalue weighted by atomic mass is 127. The Hall–Kier alpha value is -1.29. The molecule has 0 unspecified atom stereocenters. The fourth-order valence-corrected chi connectivity index (χ4v) is 2.75. The number of guanidine groups is 1. The lowest BCUT2D eigenvalue weighted by Crippen LogP contribution is -2.53. The number of aliphatic imine (C=N–C) groups is 1. The van der Waals surface area contributed by atoms with E-state index in [1.165, 1.54) is 6.26 Å². The summed E-state index contributed by atoms with van der Waals surface area (Å²) < 4.78 is 10.6. The second kappa shape index (κ2) is 13.0. The summed E-state index contributed by atoms with van der Waals surface area (Å²) in [4.78, 5) is 21.1. The van der Waals surface area contributed by atoms with E-state index in [0.29, 0.717) is 18.8 Å². The predicted molar refractivity (Wildman–Crippen MR) is 113 cm³/mol. The van der Waals surface area contributed by atoms with Crippen molar-refractivity contribution < 1.29 is 13.9 Å². The van der Waals surface area contributed by atoms with E-state index >= 15 is 0 Å². The topological polar surface area (TPSA) is 70.3 Å². The minimum atomic E-state index is -0.0393. The Labute approximate surface area is 173 Å². The summed E-state index contributed by atoms with van der Waals surface area (Å²) in [5.74, 6) is 1.30.